The molecular weight excluding hydrogens is 291 g/mol. The summed E-state index contributed by atoms with van der Waals surface area (Å²) < 4.78 is 13.6. The molecule has 1 unspecified atom stereocenters. The van der Waals surface area contributed by atoms with Gasteiger partial charge in [-0.3, -0.25) is 4.79 Å². The number of hydrogen-bond acceptors (Lipinski definition) is 2. The van der Waals surface area contributed by atoms with Gasteiger partial charge in [-0.05, 0) is 49.1 Å². The van der Waals surface area contributed by atoms with Crippen LogP contribution < -0.4 is 10.2 Å². The van der Waals surface area contributed by atoms with Crippen molar-refractivity contribution in [2.24, 2.45) is 5.92 Å². The summed E-state index contributed by atoms with van der Waals surface area (Å²) in [5, 5.41) is 2.86. The van der Waals surface area contributed by atoms with Crippen LogP contribution in [0.15, 0.2) is 48.5 Å². The molecule has 1 fully saturated rings. The maximum Gasteiger partial charge on any atom is 0.254 e. The van der Waals surface area contributed by atoms with Crippen LogP contribution in [0.3, 0.4) is 0 Å². The molecule has 4 heteroatoms. The molecule has 2 aromatic rings. The molecule has 2 aromatic carbocycles. The minimum atomic E-state index is -0.474. The number of amides is 1. The zero-order valence-electron chi connectivity index (χ0n) is 13.3. The van der Waals surface area contributed by atoms with Crippen molar-refractivity contribution in [1.29, 1.82) is 0 Å². The average molecular weight is 312 g/mol. The maximum absolute atomic E-state index is 13.6. The van der Waals surface area contributed by atoms with Gasteiger partial charge in [0, 0.05) is 25.3 Å². The third-order valence-corrected chi connectivity index (χ3v) is 4.32. The number of nitrogens with zero attached hydrogens (tertiary/aromatic N) is 1. The quantitative estimate of drug-likeness (QED) is 0.938. The Hall–Kier alpha value is -2.36. The number of hydrogen-bond donors (Lipinski definition) is 1. The average Bonchev–Trinajstić information content (AvgIpc) is 3.02. The van der Waals surface area contributed by atoms with Gasteiger partial charge >= 0.3 is 0 Å². The first kappa shape index (κ1) is 15.5. The van der Waals surface area contributed by atoms with Crippen LogP contribution in [0.2, 0.25) is 0 Å². The summed E-state index contributed by atoms with van der Waals surface area (Å²) in [6, 6.07) is 14.5. The molecular formula is C19H21FN2O. The summed E-state index contributed by atoms with van der Waals surface area (Å²) in [5.74, 6) is -0.416. The third kappa shape index (κ3) is 3.70. The van der Waals surface area contributed by atoms with E-state index in [2.05, 4.69) is 41.4 Å². The lowest BCUT2D eigenvalue weighted by Gasteiger charge is -2.19. The van der Waals surface area contributed by atoms with Crippen LogP contribution >= 0.6 is 0 Å². The van der Waals surface area contributed by atoms with Crippen molar-refractivity contribution in [2.75, 3.05) is 24.5 Å². The highest BCUT2D eigenvalue weighted by molar-refractivity contribution is 5.94. The monoisotopic (exact) mass is 312 g/mol. The van der Waals surface area contributed by atoms with Crippen LogP contribution in [0.4, 0.5) is 10.1 Å². The van der Waals surface area contributed by atoms with Gasteiger partial charge < -0.3 is 10.2 Å². The number of nitrogens with one attached hydrogen (secondary N) is 1. The van der Waals surface area contributed by atoms with Crippen molar-refractivity contribution in [3.8, 4) is 0 Å². The number of carbonyl (C=O) groups excluding carboxylic acids is 1. The van der Waals surface area contributed by atoms with Gasteiger partial charge in [0.1, 0.15) is 5.82 Å². The Kier molecular flexibility index (Phi) is 4.60. The molecule has 1 aliphatic heterocycles. The van der Waals surface area contributed by atoms with Gasteiger partial charge in [0.25, 0.3) is 5.91 Å². The third-order valence-electron chi connectivity index (χ3n) is 4.32. The molecule has 1 saturated heterocycles. The Bertz CT molecular complexity index is 701. The Morgan fingerprint density at radius 3 is 2.87 bits per heavy atom. The fourth-order valence-electron chi connectivity index (χ4n) is 3.04. The standard InChI is InChI=1S/C19H21FN2O/c1-14-5-4-6-16(11-14)22-10-9-15(13-22)12-21-19(23)17-7-2-3-8-18(17)20/h2-8,11,15H,9-10,12-13H2,1H3,(H,21,23). The number of carbonyl (C=O) groups is 1. The molecule has 1 N–H and O–H groups in total. The van der Waals surface area contributed by atoms with Crippen LogP contribution in [0.5, 0.6) is 0 Å². The minimum absolute atomic E-state index is 0.112. The molecule has 0 aromatic heterocycles. The van der Waals surface area contributed by atoms with Gasteiger partial charge in [0.15, 0.2) is 0 Å². The zero-order valence-corrected chi connectivity index (χ0v) is 13.3. The fourth-order valence-corrected chi connectivity index (χ4v) is 3.04. The SMILES string of the molecule is Cc1cccc(N2CCC(CNC(=O)c3ccccc3F)C2)c1. The zero-order chi connectivity index (χ0) is 16.2. The molecule has 0 bridgehead atoms. The summed E-state index contributed by atoms with van der Waals surface area (Å²) in [6.45, 7) is 4.58. The summed E-state index contributed by atoms with van der Waals surface area (Å²) >= 11 is 0. The van der Waals surface area contributed by atoms with E-state index in [1.807, 2.05) is 0 Å². The van der Waals surface area contributed by atoms with Crippen molar-refractivity contribution >= 4 is 11.6 Å². The number of anilines is 1. The normalized spacial score (nSPS) is 17.3. The Morgan fingerprint density at radius 2 is 2.09 bits per heavy atom. The number of halogens is 1. The summed E-state index contributed by atoms with van der Waals surface area (Å²) in [7, 11) is 0. The minimum Gasteiger partial charge on any atom is -0.371 e. The molecule has 0 spiro atoms. The van der Waals surface area contributed by atoms with E-state index in [1.165, 1.54) is 23.4 Å². The van der Waals surface area contributed by atoms with Gasteiger partial charge in [-0.25, -0.2) is 4.39 Å². The second kappa shape index (κ2) is 6.82. The van der Waals surface area contributed by atoms with E-state index in [9.17, 15) is 9.18 Å². The first-order chi connectivity index (χ1) is 11.1. The van der Waals surface area contributed by atoms with Crippen LogP contribution in [-0.2, 0) is 0 Å². The number of benzene rings is 2. The lowest BCUT2D eigenvalue weighted by Crippen LogP contribution is -2.31. The van der Waals surface area contributed by atoms with Crippen molar-refractivity contribution in [3.63, 3.8) is 0 Å². The Balaban J connectivity index is 1.54. The Labute approximate surface area is 136 Å². The van der Waals surface area contributed by atoms with Crippen LogP contribution in [0.25, 0.3) is 0 Å². The smallest absolute Gasteiger partial charge is 0.254 e. The van der Waals surface area contributed by atoms with Crippen molar-refractivity contribution in [2.45, 2.75) is 13.3 Å². The van der Waals surface area contributed by atoms with Crippen LogP contribution in [0.1, 0.15) is 22.3 Å². The van der Waals surface area contributed by atoms with Crippen molar-refractivity contribution in [3.05, 3.63) is 65.5 Å². The topological polar surface area (TPSA) is 32.3 Å². The van der Waals surface area contributed by atoms with E-state index in [1.54, 1.807) is 12.1 Å². The summed E-state index contributed by atoms with van der Waals surface area (Å²) in [4.78, 5) is 14.4. The van der Waals surface area contributed by atoms with Gasteiger partial charge in [-0.15, -0.1) is 0 Å². The predicted molar refractivity (Wildman–Crippen MR) is 90.2 cm³/mol. The Morgan fingerprint density at radius 1 is 1.26 bits per heavy atom. The highest BCUT2D eigenvalue weighted by Gasteiger charge is 2.23. The first-order valence-corrected chi connectivity index (χ1v) is 7.98. The summed E-state index contributed by atoms with van der Waals surface area (Å²) in [5.41, 5.74) is 2.59. The molecule has 3 rings (SSSR count). The van der Waals surface area contributed by atoms with E-state index in [4.69, 9.17) is 0 Å². The molecule has 1 amide bonds. The predicted octanol–water partition coefficient (Wildman–Crippen LogP) is 3.39. The van der Waals surface area contributed by atoms with Crippen LogP contribution in [-0.4, -0.2) is 25.5 Å². The molecule has 1 heterocycles. The second-order valence-electron chi connectivity index (χ2n) is 6.13. The van der Waals surface area contributed by atoms with Crippen LogP contribution in [0, 0.1) is 18.7 Å². The molecule has 23 heavy (non-hydrogen) atoms. The molecule has 0 saturated carbocycles. The van der Waals surface area contributed by atoms with E-state index in [0.717, 1.165) is 19.5 Å². The van der Waals surface area contributed by atoms with Crippen molar-refractivity contribution < 1.29 is 9.18 Å². The molecule has 3 nitrogen and oxygen atoms in total. The number of aryl methyl sites for hydroxylation is 1. The summed E-state index contributed by atoms with van der Waals surface area (Å²) in [6.07, 6.45) is 1.03. The molecule has 1 aliphatic rings. The van der Waals surface area contributed by atoms with Gasteiger partial charge in [0.2, 0.25) is 0 Å². The molecule has 0 radical (unpaired) electrons. The van der Waals surface area contributed by atoms with E-state index in [0.29, 0.717) is 12.5 Å². The van der Waals surface area contributed by atoms with E-state index >= 15 is 0 Å². The van der Waals surface area contributed by atoms with E-state index < -0.39 is 5.82 Å². The lowest BCUT2D eigenvalue weighted by molar-refractivity contribution is 0.0944. The highest BCUT2D eigenvalue weighted by atomic mass is 19.1. The first-order valence-electron chi connectivity index (χ1n) is 7.98. The second-order valence-corrected chi connectivity index (χ2v) is 6.13. The molecule has 120 valence electrons. The highest BCUT2D eigenvalue weighted by Crippen LogP contribution is 2.24. The largest absolute Gasteiger partial charge is 0.371 e. The molecule has 1 atom stereocenters. The van der Waals surface area contributed by atoms with Gasteiger partial charge in [-0.1, -0.05) is 24.3 Å². The number of rotatable bonds is 4. The lowest BCUT2D eigenvalue weighted by atomic mass is 10.1. The van der Waals surface area contributed by atoms with Gasteiger partial charge in [0.05, 0.1) is 5.56 Å². The maximum atomic E-state index is 13.6. The van der Waals surface area contributed by atoms with E-state index in [-0.39, 0.29) is 11.5 Å². The fraction of sp³-hybridized carbons (Fsp3) is 0.316. The molecule has 0 aliphatic carbocycles. The van der Waals surface area contributed by atoms with Gasteiger partial charge in [-0.2, -0.15) is 0 Å². The van der Waals surface area contributed by atoms with Crippen molar-refractivity contribution in [1.82, 2.24) is 5.32 Å².